The van der Waals surface area contributed by atoms with Crippen molar-refractivity contribution in [2.24, 2.45) is 0 Å². The van der Waals surface area contributed by atoms with Crippen molar-refractivity contribution in [1.82, 2.24) is 4.90 Å². The number of carbonyl (C=O) groups is 1. The molecule has 1 aromatic rings. The molecule has 0 saturated carbocycles. The summed E-state index contributed by atoms with van der Waals surface area (Å²) in [6.45, 7) is 1.87. The van der Waals surface area contributed by atoms with E-state index in [4.69, 9.17) is 11.0 Å². The zero-order chi connectivity index (χ0) is 12.8. The van der Waals surface area contributed by atoms with Crippen molar-refractivity contribution in [2.75, 3.05) is 12.8 Å². The standard InChI is InChI=1S/C13H17N3O/c1-10(7-8-14)16(2)13(17)9-11-3-5-12(15)6-4-11/h3-6,10H,7,9,15H2,1-2H3. The van der Waals surface area contributed by atoms with Gasteiger partial charge in [0.2, 0.25) is 5.91 Å². The quantitative estimate of drug-likeness (QED) is 0.800. The minimum Gasteiger partial charge on any atom is -0.399 e. The monoisotopic (exact) mass is 231 g/mol. The van der Waals surface area contributed by atoms with E-state index in [0.29, 0.717) is 18.5 Å². The van der Waals surface area contributed by atoms with Crippen LogP contribution in [0.4, 0.5) is 5.69 Å². The SMILES string of the molecule is CC(CC#N)N(C)C(=O)Cc1ccc(N)cc1. The number of carbonyl (C=O) groups excluding carboxylic acids is 1. The number of amides is 1. The Kier molecular flexibility index (Phi) is 4.53. The number of benzene rings is 1. The number of nitrogens with zero attached hydrogens (tertiary/aromatic N) is 2. The van der Waals surface area contributed by atoms with E-state index in [1.807, 2.05) is 19.1 Å². The van der Waals surface area contributed by atoms with Gasteiger partial charge in [-0.15, -0.1) is 0 Å². The molecule has 0 saturated heterocycles. The Morgan fingerprint density at radius 2 is 2.06 bits per heavy atom. The zero-order valence-corrected chi connectivity index (χ0v) is 10.2. The highest BCUT2D eigenvalue weighted by Crippen LogP contribution is 2.09. The zero-order valence-electron chi connectivity index (χ0n) is 10.2. The molecule has 0 aliphatic rings. The maximum absolute atomic E-state index is 11.9. The summed E-state index contributed by atoms with van der Waals surface area (Å²) in [6, 6.07) is 9.25. The highest BCUT2D eigenvalue weighted by atomic mass is 16.2. The number of anilines is 1. The van der Waals surface area contributed by atoms with Gasteiger partial charge in [0, 0.05) is 18.8 Å². The summed E-state index contributed by atoms with van der Waals surface area (Å²) in [7, 11) is 1.72. The molecule has 4 heteroatoms. The van der Waals surface area contributed by atoms with Gasteiger partial charge < -0.3 is 10.6 Å². The number of hydrogen-bond donors (Lipinski definition) is 1. The second-order valence-corrected chi connectivity index (χ2v) is 4.13. The third kappa shape index (κ3) is 3.80. The number of nitriles is 1. The molecule has 0 aliphatic carbocycles. The Labute approximate surface area is 102 Å². The Hall–Kier alpha value is -2.02. The van der Waals surface area contributed by atoms with Gasteiger partial charge >= 0.3 is 0 Å². The minimum absolute atomic E-state index is 0.0116. The fraction of sp³-hybridized carbons (Fsp3) is 0.385. The molecule has 1 unspecified atom stereocenters. The van der Waals surface area contributed by atoms with Crippen LogP contribution in [0.1, 0.15) is 18.9 Å². The molecule has 0 spiro atoms. The second kappa shape index (κ2) is 5.90. The maximum Gasteiger partial charge on any atom is 0.227 e. The molecule has 0 radical (unpaired) electrons. The third-order valence-corrected chi connectivity index (χ3v) is 2.78. The van der Waals surface area contributed by atoms with E-state index < -0.39 is 0 Å². The molecule has 1 atom stereocenters. The van der Waals surface area contributed by atoms with Crippen molar-refractivity contribution in [3.63, 3.8) is 0 Å². The van der Waals surface area contributed by atoms with Gasteiger partial charge in [-0.1, -0.05) is 12.1 Å². The van der Waals surface area contributed by atoms with E-state index in [2.05, 4.69) is 6.07 Å². The number of hydrogen-bond acceptors (Lipinski definition) is 3. The van der Waals surface area contributed by atoms with Gasteiger partial charge in [0.15, 0.2) is 0 Å². The first kappa shape index (κ1) is 13.0. The lowest BCUT2D eigenvalue weighted by Crippen LogP contribution is -2.35. The van der Waals surface area contributed by atoms with Gasteiger partial charge in [-0.2, -0.15) is 5.26 Å². The highest BCUT2D eigenvalue weighted by Gasteiger charge is 2.15. The van der Waals surface area contributed by atoms with Crippen LogP contribution in [0.25, 0.3) is 0 Å². The average molecular weight is 231 g/mol. The van der Waals surface area contributed by atoms with Crippen molar-refractivity contribution in [1.29, 1.82) is 5.26 Å². The summed E-state index contributed by atoms with van der Waals surface area (Å²) in [5, 5.41) is 8.59. The molecule has 1 aromatic carbocycles. The van der Waals surface area contributed by atoms with Crippen molar-refractivity contribution < 1.29 is 4.79 Å². The molecule has 0 aliphatic heterocycles. The molecule has 0 bridgehead atoms. The van der Waals surface area contributed by atoms with E-state index in [0.717, 1.165) is 5.56 Å². The van der Waals surface area contributed by atoms with Crippen LogP contribution < -0.4 is 5.73 Å². The number of nitrogens with two attached hydrogens (primary N) is 1. The Bertz CT molecular complexity index is 419. The summed E-state index contributed by atoms with van der Waals surface area (Å²) >= 11 is 0. The summed E-state index contributed by atoms with van der Waals surface area (Å²) in [6.07, 6.45) is 0.691. The Morgan fingerprint density at radius 3 is 2.59 bits per heavy atom. The third-order valence-electron chi connectivity index (χ3n) is 2.78. The summed E-state index contributed by atoms with van der Waals surface area (Å²) < 4.78 is 0. The van der Waals surface area contributed by atoms with Crippen molar-refractivity contribution in [3.8, 4) is 6.07 Å². The van der Waals surface area contributed by atoms with Crippen LogP contribution in [0.3, 0.4) is 0 Å². The molecule has 17 heavy (non-hydrogen) atoms. The van der Waals surface area contributed by atoms with Crippen LogP contribution in [0, 0.1) is 11.3 Å². The molecule has 0 heterocycles. The molecule has 0 aromatic heterocycles. The van der Waals surface area contributed by atoms with Gasteiger partial charge in [0.1, 0.15) is 0 Å². The smallest absolute Gasteiger partial charge is 0.227 e. The van der Waals surface area contributed by atoms with Crippen LogP contribution in [-0.2, 0) is 11.2 Å². The molecule has 4 nitrogen and oxygen atoms in total. The van der Waals surface area contributed by atoms with Gasteiger partial charge in [0.05, 0.1) is 18.9 Å². The summed E-state index contributed by atoms with van der Waals surface area (Å²) in [4.78, 5) is 13.5. The van der Waals surface area contributed by atoms with Crippen molar-refractivity contribution >= 4 is 11.6 Å². The molecule has 1 rings (SSSR count). The van der Waals surface area contributed by atoms with Gasteiger partial charge in [0.25, 0.3) is 0 Å². The average Bonchev–Trinajstić information content (AvgIpc) is 2.31. The number of likely N-dealkylation sites (N-methyl/N-ethyl adjacent to an activating group) is 1. The molecular weight excluding hydrogens is 214 g/mol. The molecular formula is C13H17N3O. The lowest BCUT2D eigenvalue weighted by Gasteiger charge is -2.23. The van der Waals surface area contributed by atoms with Crippen LogP contribution in [0.5, 0.6) is 0 Å². The Morgan fingerprint density at radius 1 is 1.47 bits per heavy atom. The van der Waals surface area contributed by atoms with Crippen molar-refractivity contribution in [2.45, 2.75) is 25.8 Å². The minimum atomic E-state index is -0.0544. The largest absolute Gasteiger partial charge is 0.399 e. The first-order valence-electron chi connectivity index (χ1n) is 5.51. The lowest BCUT2D eigenvalue weighted by atomic mass is 10.1. The van der Waals surface area contributed by atoms with Gasteiger partial charge in [-0.3, -0.25) is 4.79 Å². The van der Waals surface area contributed by atoms with E-state index in [1.54, 1.807) is 24.1 Å². The fourth-order valence-corrected chi connectivity index (χ4v) is 1.45. The topological polar surface area (TPSA) is 70.1 Å². The van der Waals surface area contributed by atoms with E-state index >= 15 is 0 Å². The van der Waals surface area contributed by atoms with Crippen LogP contribution in [0.2, 0.25) is 0 Å². The van der Waals surface area contributed by atoms with Crippen LogP contribution in [0.15, 0.2) is 24.3 Å². The normalized spacial score (nSPS) is 11.6. The first-order valence-corrected chi connectivity index (χ1v) is 5.51. The van der Waals surface area contributed by atoms with Gasteiger partial charge in [-0.05, 0) is 24.6 Å². The number of rotatable bonds is 4. The molecule has 90 valence electrons. The molecule has 1 amide bonds. The maximum atomic E-state index is 11.9. The summed E-state index contributed by atoms with van der Waals surface area (Å²) in [5.41, 5.74) is 7.19. The van der Waals surface area contributed by atoms with E-state index in [9.17, 15) is 4.79 Å². The molecule has 0 fully saturated rings. The van der Waals surface area contributed by atoms with Gasteiger partial charge in [-0.25, -0.2) is 0 Å². The predicted molar refractivity (Wildman–Crippen MR) is 67.0 cm³/mol. The van der Waals surface area contributed by atoms with E-state index in [1.165, 1.54) is 0 Å². The number of nitrogen functional groups attached to an aromatic ring is 1. The highest BCUT2D eigenvalue weighted by molar-refractivity contribution is 5.78. The predicted octanol–water partition coefficient (Wildman–Crippen LogP) is 1.57. The lowest BCUT2D eigenvalue weighted by molar-refractivity contribution is -0.130. The fourth-order valence-electron chi connectivity index (χ4n) is 1.45. The van der Waals surface area contributed by atoms with Crippen LogP contribution in [-0.4, -0.2) is 23.9 Å². The molecule has 2 N–H and O–H groups in total. The summed E-state index contributed by atoms with van der Waals surface area (Å²) in [5.74, 6) is 0.0116. The Balaban J connectivity index is 2.60. The first-order chi connectivity index (χ1) is 8.04. The van der Waals surface area contributed by atoms with Crippen LogP contribution >= 0.6 is 0 Å². The van der Waals surface area contributed by atoms with E-state index in [-0.39, 0.29) is 11.9 Å². The van der Waals surface area contributed by atoms with Crippen molar-refractivity contribution in [3.05, 3.63) is 29.8 Å². The second-order valence-electron chi connectivity index (χ2n) is 4.13.